The molecule has 1 aliphatic carbocycles. The Labute approximate surface area is 252 Å². The molecule has 42 heavy (non-hydrogen) atoms. The van der Waals surface area contributed by atoms with Gasteiger partial charge in [-0.1, -0.05) is 48.8 Å². The van der Waals surface area contributed by atoms with E-state index < -0.39 is 29.3 Å². The number of hydrogen-bond acceptors (Lipinski definition) is 4. The number of aryl methyl sites for hydroxylation is 1. The molecule has 7 nitrogen and oxygen atoms in total. The van der Waals surface area contributed by atoms with Crippen molar-refractivity contribution in [2.75, 3.05) is 11.9 Å². The van der Waals surface area contributed by atoms with Crippen LogP contribution >= 0.6 is 23.2 Å². The maximum Gasteiger partial charge on any atom is 0.336 e. The molecule has 216 valence electrons. The van der Waals surface area contributed by atoms with Crippen molar-refractivity contribution in [2.45, 2.75) is 57.2 Å². The van der Waals surface area contributed by atoms with E-state index in [9.17, 15) is 14.7 Å². The molecule has 0 unspecified atom stereocenters. The number of carboxylic acid groups (broad SMARTS) is 1. The van der Waals surface area contributed by atoms with Crippen LogP contribution in [0, 0.1) is 18.7 Å². The van der Waals surface area contributed by atoms with Gasteiger partial charge >= 0.3 is 5.97 Å². The van der Waals surface area contributed by atoms with Gasteiger partial charge in [-0.3, -0.25) is 14.4 Å². The molecule has 0 bridgehead atoms. The molecule has 8 rings (SSSR count). The van der Waals surface area contributed by atoms with E-state index in [-0.39, 0.29) is 30.0 Å². The van der Waals surface area contributed by atoms with Crippen molar-refractivity contribution in [2.24, 2.45) is 5.92 Å². The number of likely N-dealkylation sites (tertiary alicyclic amines) is 1. The van der Waals surface area contributed by atoms with E-state index >= 15 is 4.39 Å². The van der Waals surface area contributed by atoms with Crippen LogP contribution in [0.5, 0.6) is 0 Å². The van der Waals surface area contributed by atoms with Gasteiger partial charge in [0.1, 0.15) is 11.4 Å². The monoisotopic (exact) mass is 606 g/mol. The number of aromatic carboxylic acids is 1. The van der Waals surface area contributed by atoms with Gasteiger partial charge in [-0.05, 0) is 67.1 Å². The molecule has 4 heterocycles. The second-order valence-electron chi connectivity index (χ2n) is 11.8. The lowest BCUT2D eigenvalue weighted by Crippen LogP contribution is -2.53. The highest BCUT2D eigenvalue weighted by atomic mass is 35.5. The lowest BCUT2D eigenvalue weighted by molar-refractivity contribution is -0.128. The Hall–Kier alpha value is -3.46. The van der Waals surface area contributed by atoms with Gasteiger partial charge in [-0.15, -0.1) is 0 Å². The standard InChI is InChI=1S/C31H25Cl2FN4O3.CH4/c1-14-9-19-22(11-18(14)29(39)40)36-38-24(19)12-25-28(38)26(17-3-2-4-21(33)27(17)34)31(37(25)13-15-5-6-15)20-8-7-16(32)10-23(20)35-30(31)41;/h2-4,7-11,15,25-26,28H,5-6,12-13H2,1H3,(H,35,41)(H,39,40);1H4/t25-,26-,28+,31+;/m0./s1. The first kappa shape index (κ1) is 27.4. The first-order valence-corrected chi connectivity index (χ1v) is 14.5. The minimum Gasteiger partial charge on any atom is -0.478 e. The second kappa shape index (κ2) is 9.27. The maximum absolute atomic E-state index is 16.1. The third-order valence-electron chi connectivity index (χ3n) is 9.56. The van der Waals surface area contributed by atoms with Crippen LogP contribution < -0.4 is 5.32 Å². The zero-order valence-electron chi connectivity index (χ0n) is 22.0. The summed E-state index contributed by atoms with van der Waals surface area (Å²) in [6, 6.07) is 13.3. The Morgan fingerprint density at radius 1 is 1.19 bits per heavy atom. The Morgan fingerprint density at radius 3 is 2.71 bits per heavy atom. The van der Waals surface area contributed by atoms with Crippen molar-refractivity contribution in [3.63, 3.8) is 0 Å². The molecule has 10 heteroatoms. The van der Waals surface area contributed by atoms with Gasteiger partial charge in [0.25, 0.3) is 0 Å². The predicted octanol–water partition coefficient (Wildman–Crippen LogP) is 6.95. The molecule has 3 aliphatic heterocycles. The molecule has 4 aromatic rings. The van der Waals surface area contributed by atoms with Crippen LogP contribution in [0.2, 0.25) is 10.0 Å². The molecule has 4 aliphatic rings. The maximum atomic E-state index is 16.1. The number of carbonyl (C=O) groups excluding carboxylic acids is 1. The van der Waals surface area contributed by atoms with E-state index in [0.29, 0.717) is 46.2 Å². The molecular weight excluding hydrogens is 578 g/mol. The molecule has 2 fully saturated rings. The Bertz CT molecular complexity index is 1840. The molecule has 4 atom stereocenters. The summed E-state index contributed by atoms with van der Waals surface area (Å²) in [5.41, 5.74) is 2.94. The number of nitrogens with zero attached hydrogens (tertiary/aromatic N) is 3. The van der Waals surface area contributed by atoms with Crippen LogP contribution in [0.4, 0.5) is 10.1 Å². The Kier molecular flexibility index (Phi) is 6.04. The van der Waals surface area contributed by atoms with E-state index in [4.69, 9.17) is 28.3 Å². The number of carboxylic acids is 1. The molecular formula is C32H29Cl2FN4O3. The average Bonchev–Trinajstić information content (AvgIpc) is 3.39. The number of rotatable bonds is 4. The second-order valence-corrected chi connectivity index (χ2v) is 12.6. The van der Waals surface area contributed by atoms with Crippen LogP contribution in [0.3, 0.4) is 0 Å². The van der Waals surface area contributed by atoms with Crippen molar-refractivity contribution in [3.8, 4) is 0 Å². The molecule has 1 saturated carbocycles. The van der Waals surface area contributed by atoms with E-state index in [2.05, 4.69) is 10.2 Å². The van der Waals surface area contributed by atoms with Crippen LogP contribution in [0.15, 0.2) is 48.5 Å². The number of halogens is 3. The third kappa shape index (κ3) is 3.52. The molecule has 2 N–H and O–H groups in total. The van der Waals surface area contributed by atoms with E-state index in [1.165, 1.54) is 6.07 Å². The van der Waals surface area contributed by atoms with Crippen LogP contribution in [0.25, 0.3) is 10.9 Å². The number of benzene rings is 3. The predicted molar refractivity (Wildman–Crippen MR) is 160 cm³/mol. The van der Waals surface area contributed by atoms with Gasteiger partial charge in [-0.2, -0.15) is 5.10 Å². The summed E-state index contributed by atoms with van der Waals surface area (Å²) in [5, 5.41) is 19.1. The van der Waals surface area contributed by atoms with Gasteiger partial charge in [0.2, 0.25) is 5.91 Å². The van der Waals surface area contributed by atoms with Crippen molar-refractivity contribution < 1.29 is 19.1 Å². The van der Waals surface area contributed by atoms with Gasteiger partial charge in [-0.25, -0.2) is 9.18 Å². The SMILES string of the molecule is C.Cc1cc2c3n(nc2cc1C(=O)O)[C@@H]1[C@H](C3)N(CC2CC2)[C@@]2(C(=O)Nc3cc(Cl)ccc32)[C@H]1c1cccc(Cl)c1F. The topological polar surface area (TPSA) is 87.5 Å². The minimum absolute atomic E-state index is 0. The smallest absolute Gasteiger partial charge is 0.336 e. The fraction of sp³-hybridized carbons (Fsp3) is 0.344. The number of hydrogen-bond donors (Lipinski definition) is 2. The van der Waals surface area contributed by atoms with E-state index in [1.54, 1.807) is 37.3 Å². The van der Waals surface area contributed by atoms with Crippen LogP contribution in [0.1, 0.15) is 65.0 Å². The fourth-order valence-corrected chi connectivity index (χ4v) is 8.09. The lowest BCUT2D eigenvalue weighted by atomic mass is 9.73. The van der Waals surface area contributed by atoms with Gasteiger partial charge in [0.05, 0.1) is 22.1 Å². The first-order chi connectivity index (χ1) is 19.7. The summed E-state index contributed by atoms with van der Waals surface area (Å²) in [7, 11) is 0. The highest BCUT2D eigenvalue weighted by molar-refractivity contribution is 6.31. The highest BCUT2D eigenvalue weighted by Gasteiger charge is 2.69. The quantitative estimate of drug-likeness (QED) is 0.262. The number of nitrogens with one attached hydrogen (secondary N) is 1. The fourth-order valence-electron chi connectivity index (χ4n) is 7.73. The molecule has 1 spiro atoms. The summed E-state index contributed by atoms with van der Waals surface area (Å²) < 4.78 is 18.0. The average molecular weight is 608 g/mol. The van der Waals surface area contributed by atoms with Gasteiger partial charge in [0.15, 0.2) is 0 Å². The lowest BCUT2D eigenvalue weighted by Gasteiger charge is -2.40. The van der Waals surface area contributed by atoms with Crippen LogP contribution in [-0.4, -0.2) is 44.3 Å². The Balaban J connectivity index is 0.00000288. The largest absolute Gasteiger partial charge is 0.478 e. The van der Waals surface area contributed by atoms with Gasteiger partial charge < -0.3 is 10.4 Å². The van der Waals surface area contributed by atoms with Crippen molar-refractivity contribution in [3.05, 3.63) is 92.3 Å². The van der Waals surface area contributed by atoms with E-state index in [1.807, 2.05) is 16.8 Å². The number of carbonyl (C=O) groups is 2. The van der Waals surface area contributed by atoms with Crippen LogP contribution in [-0.2, 0) is 16.8 Å². The summed E-state index contributed by atoms with van der Waals surface area (Å²) in [6.45, 7) is 2.48. The highest BCUT2D eigenvalue weighted by Crippen LogP contribution is 2.64. The first-order valence-electron chi connectivity index (χ1n) is 13.8. The Morgan fingerprint density at radius 2 is 1.98 bits per heavy atom. The molecule has 0 radical (unpaired) electrons. The molecule has 1 aromatic heterocycles. The number of aromatic nitrogens is 2. The zero-order valence-corrected chi connectivity index (χ0v) is 23.5. The minimum atomic E-state index is -1.21. The normalized spacial score (nSPS) is 25.8. The van der Waals surface area contributed by atoms with Crippen molar-refractivity contribution in [1.29, 1.82) is 0 Å². The summed E-state index contributed by atoms with van der Waals surface area (Å²) in [6.07, 6.45) is 2.76. The van der Waals surface area contributed by atoms with Crippen molar-refractivity contribution >= 4 is 51.7 Å². The van der Waals surface area contributed by atoms with Gasteiger partial charge in [0, 0.05) is 52.3 Å². The number of amides is 1. The van der Waals surface area contributed by atoms with Crippen molar-refractivity contribution in [1.82, 2.24) is 14.7 Å². The molecule has 1 saturated heterocycles. The summed E-state index contributed by atoms with van der Waals surface area (Å²) in [5.74, 6) is -1.98. The summed E-state index contributed by atoms with van der Waals surface area (Å²) in [4.78, 5) is 28.6. The number of anilines is 1. The zero-order chi connectivity index (χ0) is 28.4. The third-order valence-corrected chi connectivity index (χ3v) is 10.1. The van der Waals surface area contributed by atoms with E-state index in [0.717, 1.165) is 29.5 Å². The number of fused-ring (bicyclic) bond motifs is 7. The molecule has 3 aromatic carbocycles. The summed E-state index contributed by atoms with van der Waals surface area (Å²) >= 11 is 12.7. The molecule has 1 amide bonds.